The predicted molar refractivity (Wildman–Crippen MR) is 72.2 cm³/mol. The van der Waals surface area contributed by atoms with Crippen LogP contribution < -0.4 is 5.32 Å². The number of hydrogen-bond donors (Lipinski definition) is 1. The van der Waals surface area contributed by atoms with Crippen molar-refractivity contribution in [1.82, 2.24) is 15.1 Å². The zero-order valence-corrected chi connectivity index (χ0v) is 11.8. The number of rotatable bonds is 6. The molecule has 0 aliphatic rings. The molecule has 0 aromatic rings. The van der Waals surface area contributed by atoms with Crippen molar-refractivity contribution in [3.63, 3.8) is 0 Å². The number of nitrogens with zero attached hydrogens (tertiary/aromatic N) is 3. The van der Waals surface area contributed by atoms with Gasteiger partial charge in [0.15, 0.2) is 5.96 Å². The van der Waals surface area contributed by atoms with Crippen molar-refractivity contribution in [3.05, 3.63) is 0 Å². The van der Waals surface area contributed by atoms with Gasteiger partial charge >= 0.3 is 0 Å². The summed E-state index contributed by atoms with van der Waals surface area (Å²) in [5.74, 6) is 0.926. The highest BCUT2D eigenvalue weighted by Gasteiger charge is 2.14. The number of likely N-dealkylation sites (N-methyl/N-ethyl adjacent to an activating group) is 2. The zero-order valence-electron chi connectivity index (χ0n) is 11.8. The third-order valence-corrected chi connectivity index (χ3v) is 2.49. The van der Waals surface area contributed by atoms with Crippen LogP contribution in [0, 0.1) is 0 Å². The van der Waals surface area contributed by atoms with E-state index in [1.54, 1.807) is 0 Å². The molecule has 0 aliphatic carbocycles. The van der Waals surface area contributed by atoms with Gasteiger partial charge in [0.1, 0.15) is 0 Å². The van der Waals surface area contributed by atoms with Crippen LogP contribution in [0.15, 0.2) is 4.99 Å². The number of amides is 1. The minimum absolute atomic E-state index is 0.138. The lowest BCUT2D eigenvalue weighted by Gasteiger charge is -2.25. The number of nitrogens with one attached hydrogen (secondary N) is 1. The van der Waals surface area contributed by atoms with E-state index in [2.05, 4.69) is 10.3 Å². The quantitative estimate of drug-likeness (QED) is 0.553. The van der Waals surface area contributed by atoms with Crippen LogP contribution >= 0.6 is 0 Å². The van der Waals surface area contributed by atoms with Gasteiger partial charge in [-0.15, -0.1) is 0 Å². The molecule has 0 spiro atoms. The molecule has 0 aliphatic heterocycles. The van der Waals surface area contributed by atoms with Gasteiger partial charge in [0.05, 0.1) is 6.54 Å². The maximum Gasteiger partial charge on any atom is 0.242 e. The molecule has 1 N–H and O–H groups in total. The van der Waals surface area contributed by atoms with E-state index in [1.807, 2.05) is 44.5 Å². The van der Waals surface area contributed by atoms with Gasteiger partial charge in [-0.2, -0.15) is 0 Å². The molecule has 0 atom stereocenters. The molecule has 5 heteroatoms. The number of carbonyl (C=O) groups excluding carboxylic acids is 1. The van der Waals surface area contributed by atoms with Crippen LogP contribution in [0.25, 0.3) is 0 Å². The van der Waals surface area contributed by atoms with Crippen LogP contribution in [0.1, 0.15) is 27.7 Å². The predicted octanol–water partition coefficient (Wildman–Crippen LogP) is 0.772. The van der Waals surface area contributed by atoms with Crippen LogP contribution in [-0.2, 0) is 4.79 Å². The fraction of sp³-hybridized carbons (Fsp3) is 0.833. The van der Waals surface area contributed by atoms with Crippen LogP contribution in [-0.4, -0.2) is 61.4 Å². The standard InChI is InChI=1S/C12H26N4O/c1-6-13-12(14-7-2)15(5)10-11(17)16(8-3)9-4/h6-10H2,1-5H3,(H,13,14). The topological polar surface area (TPSA) is 47.9 Å². The summed E-state index contributed by atoms with van der Waals surface area (Å²) in [4.78, 5) is 20.0. The summed E-state index contributed by atoms with van der Waals surface area (Å²) in [5, 5.41) is 3.17. The van der Waals surface area contributed by atoms with E-state index in [-0.39, 0.29) is 5.91 Å². The summed E-state index contributed by atoms with van der Waals surface area (Å²) in [5.41, 5.74) is 0. The second-order valence-corrected chi connectivity index (χ2v) is 3.75. The van der Waals surface area contributed by atoms with E-state index >= 15 is 0 Å². The SMILES string of the molecule is CCN=C(NCC)N(C)CC(=O)N(CC)CC. The number of guanidine groups is 1. The Balaban J connectivity index is 4.44. The summed E-state index contributed by atoms with van der Waals surface area (Å²) in [6.07, 6.45) is 0. The molecule has 17 heavy (non-hydrogen) atoms. The van der Waals surface area contributed by atoms with Crippen molar-refractivity contribution in [1.29, 1.82) is 0 Å². The lowest BCUT2D eigenvalue weighted by molar-refractivity contribution is -0.131. The van der Waals surface area contributed by atoms with Crippen molar-refractivity contribution >= 4 is 11.9 Å². The van der Waals surface area contributed by atoms with Crippen molar-refractivity contribution in [2.24, 2.45) is 4.99 Å². The lowest BCUT2D eigenvalue weighted by atomic mass is 10.4. The first-order valence-electron chi connectivity index (χ1n) is 6.37. The fourth-order valence-corrected chi connectivity index (χ4v) is 1.57. The van der Waals surface area contributed by atoms with Crippen LogP contribution in [0.5, 0.6) is 0 Å². The maximum atomic E-state index is 11.9. The average Bonchev–Trinajstić information content (AvgIpc) is 2.30. The van der Waals surface area contributed by atoms with E-state index in [0.717, 1.165) is 25.6 Å². The number of hydrogen-bond acceptors (Lipinski definition) is 2. The van der Waals surface area contributed by atoms with Crippen LogP contribution in [0.4, 0.5) is 0 Å². The molecule has 0 unspecified atom stereocenters. The summed E-state index contributed by atoms with van der Waals surface area (Å²) < 4.78 is 0. The zero-order chi connectivity index (χ0) is 13.3. The first-order valence-corrected chi connectivity index (χ1v) is 6.37. The Morgan fingerprint density at radius 2 is 1.76 bits per heavy atom. The summed E-state index contributed by atoms with van der Waals surface area (Å²) in [6, 6.07) is 0. The molecule has 0 saturated heterocycles. The van der Waals surface area contributed by atoms with Crippen molar-refractivity contribution in [3.8, 4) is 0 Å². The molecule has 5 nitrogen and oxygen atoms in total. The molecular formula is C12H26N4O. The third kappa shape index (κ3) is 5.56. The Morgan fingerprint density at radius 3 is 2.18 bits per heavy atom. The molecule has 0 fully saturated rings. The monoisotopic (exact) mass is 242 g/mol. The molecule has 0 heterocycles. The van der Waals surface area contributed by atoms with E-state index < -0.39 is 0 Å². The summed E-state index contributed by atoms with van der Waals surface area (Å²) >= 11 is 0. The molecular weight excluding hydrogens is 216 g/mol. The van der Waals surface area contributed by atoms with Crippen LogP contribution in [0.3, 0.4) is 0 Å². The van der Waals surface area contributed by atoms with Crippen molar-refractivity contribution < 1.29 is 4.79 Å². The second-order valence-electron chi connectivity index (χ2n) is 3.75. The maximum absolute atomic E-state index is 11.9. The van der Waals surface area contributed by atoms with Gasteiger partial charge in [-0.05, 0) is 27.7 Å². The minimum Gasteiger partial charge on any atom is -0.357 e. The fourth-order valence-electron chi connectivity index (χ4n) is 1.57. The molecule has 0 saturated carbocycles. The van der Waals surface area contributed by atoms with Gasteiger partial charge in [0.2, 0.25) is 5.91 Å². The summed E-state index contributed by atoms with van der Waals surface area (Å²) in [7, 11) is 1.89. The summed E-state index contributed by atoms with van der Waals surface area (Å²) in [6.45, 7) is 11.4. The molecule has 1 amide bonds. The Morgan fingerprint density at radius 1 is 1.18 bits per heavy atom. The highest BCUT2D eigenvalue weighted by molar-refractivity contribution is 5.86. The van der Waals surface area contributed by atoms with Crippen molar-refractivity contribution in [2.45, 2.75) is 27.7 Å². The molecule has 0 rings (SSSR count). The molecule has 0 bridgehead atoms. The van der Waals surface area contributed by atoms with Crippen molar-refractivity contribution in [2.75, 3.05) is 39.8 Å². The molecule has 0 aromatic heterocycles. The largest absolute Gasteiger partial charge is 0.357 e. The third-order valence-electron chi connectivity index (χ3n) is 2.49. The van der Waals surface area contributed by atoms with Gasteiger partial charge in [-0.1, -0.05) is 0 Å². The Labute approximate surface area is 105 Å². The van der Waals surface area contributed by atoms with E-state index in [9.17, 15) is 4.79 Å². The number of aliphatic imine (C=N–C) groups is 1. The smallest absolute Gasteiger partial charge is 0.242 e. The minimum atomic E-state index is 0.138. The van der Waals surface area contributed by atoms with Gasteiger partial charge in [0, 0.05) is 33.2 Å². The van der Waals surface area contributed by atoms with E-state index in [4.69, 9.17) is 0 Å². The van der Waals surface area contributed by atoms with Crippen LogP contribution in [0.2, 0.25) is 0 Å². The van der Waals surface area contributed by atoms with Gasteiger partial charge < -0.3 is 15.1 Å². The van der Waals surface area contributed by atoms with Gasteiger partial charge in [-0.3, -0.25) is 9.79 Å². The normalized spacial score (nSPS) is 11.2. The van der Waals surface area contributed by atoms with Gasteiger partial charge in [-0.25, -0.2) is 0 Å². The average molecular weight is 242 g/mol. The molecule has 0 radical (unpaired) electrons. The number of carbonyl (C=O) groups is 1. The highest BCUT2D eigenvalue weighted by Crippen LogP contribution is 1.93. The Hall–Kier alpha value is -1.26. The van der Waals surface area contributed by atoms with E-state index in [1.165, 1.54) is 0 Å². The first kappa shape index (κ1) is 15.7. The second kappa shape index (κ2) is 8.84. The first-order chi connectivity index (χ1) is 8.10. The van der Waals surface area contributed by atoms with E-state index in [0.29, 0.717) is 13.1 Å². The molecule has 100 valence electrons. The Kier molecular flexibility index (Phi) is 8.19. The highest BCUT2D eigenvalue weighted by atomic mass is 16.2. The van der Waals surface area contributed by atoms with Gasteiger partial charge in [0.25, 0.3) is 0 Å². The molecule has 0 aromatic carbocycles. The Bertz CT molecular complexity index is 249. The lowest BCUT2D eigenvalue weighted by Crippen LogP contribution is -2.45.